The van der Waals surface area contributed by atoms with Gasteiger partial charge in [0.2, 0.25) is 0 Å². The molecule has 108 valence electrons. The van der Waals surface area contributed by atoms with Crippen LogP contribution < -0.4 is 16.6 Å². The Morgan fingerprint density at radius 2 is 2.25 bits per heavy atom. The highest BCUT2D eigenvalue weighted by Crippen LogP contribution is 2.27. The second-order valence-electron chi connectivity index (χ2n) is 4.95. The van der Waals surface area contributed by atoms with Gasteiger partial charge >= 0.3 is 0 Å². The number of fused-ring (bicyclic) bond motifs is 1. The molecule has 0 aromatic carbocycles. The number of ether oxygens (including phenoxy) is 1. The first-order chi connectivity index (χ1) is 9.76. The average molecular weight is 278 g/mol. The molecule has 0 bridgehead atoms. The van der Waals surface area contributed by atoms with E-state index in [9.17, 15) is 5.11 Å². The van der Waals surface area contributed by atoms with Crippen molar-refractivity contribution in [1.82, 2.24) is 14.4 Å². The highest BCUT2D eigenvalue weighted by Gasteiger charge is 2.33. The van der Waals surface area contributed by atoms with Gasteiger partial charge in [-0.2, -0.15) is 0 Å². The number of nitrogens with zero attached hydrogens (tertiary/aromatic N) is 3. The number of rotatable bonds is 4. The van der Waals surface area contributed by atoms with Gasteiger partial charge in [0.1, 0.15) is 0 Å². The number of nitrogen functional groups attached to an aromatic ring is 1. The van der Waals surface area contributed by atoms with Crippen molar-refractivity contribution in [3.05, 3.63) is 18.6 Å². The second-order valence-corrected chi connectivity index (χ2v) is 4.95. The molecule has 0 amide bonds. The van der Waals surface area contributed by atoms with Gasteiger partial charge in [-0.15, -0.1) is 0 Å². The van der Waals surface area contributed by atoms with E-state index in [4.69, 9.17) is 10.6 Å². The number of anilines is 2. The van der Waals surface area contributed by atoms with Gasteiger partial charge in [-0.3, -0.25) is 0 Å². The molecule has 1 aliphatic heterocycles. The molecule has 3 heterocycles. The Morgan fingerprint density at radius 3 is 2.95 bits per heavy atom. The van der Waals surface area contributed by atoms with E-state index in [1.165, 1.54) is 0 Å². The number of imidazole rings is 1. The SMILES string of the molecule is NNc1cn2ccnc2c(NC2(CO)CCOCC2)n1. The smallest absolute Gasteiger partial charge is 0.180 e. The zero-order valence-electron chi connectivity index (χ0n) is 11.0. The molecule has 0 spiro atoms. The Morgan fingerprint density at radius 1 is 1.45 bits per heavy atom. The van der Waals surface area contributed by atoms with Crippen molar-refractivity contribution in [2.45, 2.75) is 18.4 Å². The van der Waals surface area contributed by atoms with Crippen molar-refractivity contribution in [2.24, 2.45) is 5.84 Å². The third-order valence-corrected chi connectivity index (χ3v) is 3.66. The number of aliphatic hydroxyl groups is 1. The fourth-order valence-electron chi connectivity index (χ4n) is 2.42. The van der Waals surface area contributed by atoms with Crippen molar-refractivity contribution in [2.75, 3.05) is 30.6 Å². The molecule has 0 unspecified atom stereocenters. The van der Waals surface area contributed by atoms with E-state index in [0.29, 0.717) is 30.5 Å². The van der Waals surface area contributed by atoms with E-state index in [1.807, 2.05) is 10.6 Å². The summed E-state index contributed by atoms with van der Waals surface area (Å²) in [6.45, 7) is 1.26. The Balaban J connectivity index is 1.98. The summed E-state index contributed by atoms with van der Waals surface area (Å²) in [6.07, 6.45) is 6.70. The zero-order chi connectivity index (χ0) is 14.0. The van der Waals surface area contributed by atoms with E-state index in [-0.39, 0.29) is 6.61 Å². The van der Waals surface area contributed by atoms with Crippen LogP contribution in [0.4, 0.5) is 11.6 Å². The molecule has 8 heteroatoms. The number of aromatic nitrogens is 3. The first-order valence-corrected chi connectivity index (χ1v) is 6.53. The second kappa shape index (κ2) is 5.23. The summed E-state index contributed by atoms with van der Waals surface area (Å²) < 4.78 is 7.19. The van der Waals surface area contributed by atoms with Crippen molar-refractivity contribution in [1.29, 1.82) is 0 Å². The maximum Gasteiger partial charge on any atom is 0.180 e. The molecule has 2 aromatic rings. The number of hydrogen-bond donors (Lipinski definition) is 4. The highest BCUT2D eigenvalue weighted by molar-refractivity contribution is 5.66. The first kappa shape index (κ1) is 13.1. The molecule has 1 aliphatic rings. The summed E-state index contributed by atoms with van der Waals surface area (Å²) in [5.74, 6) is 6.56. The van der Waals surface area contributed by atoms with E-state index in [1.54, 1.807) is 12.4 Å². The summed E-state index contributed by atoms with van der Waals surface area (Å²) in [4.78, 5) is 8.68. The van der Waals surface area contributed by atoms with E-state index < -0.39 is 5.54 Å². The van der Waals surface area contributed by atoms with Crippen LogP contribution in [0.25, 0.3) is 5.65 Å². The van der Waals surface area contributed by atoms with Gasteiger partial charge in [0, 0.05) is 25.6 Å². The van der Waals surface area contributed by atoms with Gasteiger partial charge in [-0.25, -0.2) is 15.8 Å². The van der Waals surface area contributed by atoms with Gasteiger partial charge < -0.3 is 25.0 Å². The third kappa shape index (κ3) is 2.28. The van der Waals surface area contributed by atoms with Crippen LogP contribution in [0, 0.1) is 0 Å². The Bertz CT molecular complexity index is 593. The first-order valence-electron chi connectivity index (χ1n) is 6.53. The Kier molecular flexibility index (Phi) is 3.43. The van der Waals surface area contributed by atoms with Crippen LogP contribution >= 0.6 is 0 Å². The molecule has 0 aliphatic carbocycles. The lowest BCUT2D eigenvalue weighted by atomic mass is 9.91. The highest BCUT2D eigenvalue weighted by atomic mass is 16.5. The number of nitrogens with one attached hydrogen (secondary N) is 2. The van der Waals surface area contributed by atoms with Crippen molar-refractivity contribution in [3.63, 3.8) is 0 Å². The molecule has 0 radical (unpaired) electrons. The summed E-state index contributed by atoms with van der Waals surface area (Å²) in [5.41, 5.74) is 2.80. The maximum atomic E-state index is 9.74. The van der Waals surface area contributed by atoms with Crippen LogP contribution in [0.5, 0.6) is 0 Å². The molecular weight excluding hydrogens is 260 g/mol. The fraction of sp³-hybridized carbons (Fsp3) is 0.500. The monoisotopic (exact) mass is 278 g/mol. The average Bonchev–Trinajstić information content (AvgIpc) is 2.96. The molecule has 8 nitrogen and oxygen atoms in total. The van der Waals surface area contributed by atoms with Crippen LogP contribution in [0.3, 0.4) is 0 Å². The number of nitrogens with two attached hydrogens (primary N) is 1. The van der Waals surface area contributed by atoms with Gasteiger partial charge in [0.25, 0.3) is 0 Å². The van der Waals surface area contributed by atoms with Gasteiger partial charge in [0.05, 0.1) is 18.3 Å². The van der Waals surface area contributed by atoms with Crippen LogP contribution in [-0.2, 0) is 4.74 Å². The van der Waals surface area contributed by atoms with Crippen LogP contribution in [-0.4, -0.2) is 44.8 Å². The number of hydrazine groups is 1. The van der Waals surface area contributed by atoms with Gasteiger partial charge in [-0.05, 0) is 12.8 Å². The van der Waals surface area contributed by atoms with Crippen LogP contribution in [0.2, 0.25) is 0 Å². The van der Waals surface area contributed by atoms with Gasteiger partial charge in [-0.1, -0.05) is 0 Å². The van der Waals surface area contributed by atoms with Crippen molar-refractivity contribution >= 4 is 17.3 Å². The number of hydrogen-bond acceptors (Lipinski definition) is 7. The molecule has 2 aromatic heterocycles. The Labute approximate surface area is 115 Å². The molecule has 20 heavy (non-hydrogen) atoms. The summed E-state index contributed by atoms with van der Waals surface area (Å²) in [6, 6.07) is 0. The topological polar surface area (TPSA) is 110 Å². The Hall–Kier alpha value is -1.90. The predicted molar refractivity (Wildman–Crippen MR) is 74.3 cm³/mol. The molecular formula is C12H18N6O2. The molecule has 0 saturated carbocycles. The van der Waals surface area contributed by atoms with Crippen molar-refractivity contribution in [3.8, 4) is 0 Å². The fourth-order valence-corrected chi connectivity index (χ4v) is 2.42. The minimum atomic E-state index is -0.426. The summed E-state index contributed by atoms with van der Waals surface area (Å²) >= 11 is 0. The lowest BCUT2D eigenvalue weighted by Gasteiger charge is -2.36. The summed E-state index contributed by atoms with van der Waals surface area (Å²) in [7, 11) is 0. The minimum absolute atomic E-state index is 0.0190. The largest absolute Gasteiger partial charge is 0.394 e. The third-order valence-electron chi connectivity index (χ3n) is 3.66. The maximum absolute atomic E-state index is 9.74. The minimum Gasteiger partial charge on any atom is -0.394 e. The lowest BCUT2D eigenvalue weighted by Crippen LogP contribution is -2.47. The van der Waals surface area contributed by atoms with Crippen LogP contribution in [0.15, 0.2) is 18.6 Å². The lowest BCUT2D eigenvalue weighted by molar-refractivity contribution is 0.0379. The quantitative estimate of drug-likeness (QED) is 0.459. The molecule has 5 N–H and O–H groups in total. The number of aliphatic hydroxyl groups excluding tert-OH is 1. The van der Waals surface area contributed by atoms with E-state index >= 15 is 0 Å². The van der Waals surface area contributed by atoms with Crippen molar-refractivity contribution < 1.29 is 9.84 Å². The molecule has 0 atom stereocenters. The summed E-state index contributed by atoms with van der Waals surface area (Å²) in [5, 5.41) is 13.1. The normalized spacial score (nSPS) is 18.1. The zero-order valence-corrected chi connectivity index (χ0v) is 11.0. The molecule has 3 rings (SSSR count). The van der Waals surface area contributed by atoms with Crippen LogP contribution in [0.1, 0.15) is 12.8 Å². The molecule has 1 saturated heterocycles. The van der Waals surface area contributed by atoms with E-state index in [0.717, 1.165) is 12.8 Å². The van der Waals surface area contributed by atoms with E-state index in [2.05, 4.69) is 20.7 Å². The predicted octanol–water partition coefficient (Wildman–Crippen LogP) is -0.0317. The standard InChI is InChI=1S/C12H18N6O2/c13-17-9-7-18-4-3-14-11(18)10(15-9)16-12(8-19)1-5-20-6-2-12/h3-4,7,17,19H,1-2,5-6,8,13H2,(H,15,16). The van der Waals surface area contributed by atoms with Gasteiger partial charge in [0.15, 0.2) is 17.3 Å². The molecule has 1 fully saturated rings.